The van der Waals surface area contributed by atoms with E-state index < -0.39 is 5.60 Å². The molecule has 0 radical (unpaired) electrons. The highest BCUT2D eigenvalue weighted by Gasteiger charge is 2.42. The van der Waals surface area contributed by atoms with Crippen molar-refractivity contribution in [2.75, 3.05) is 0 Å². The Morgan fingerprint density at radius 3 is 2.62 bits per heavy atom. The van der Waals surface area contributed by atoms with Gasteiger partial charge in [0.25, 0.3) is 0 Å². The van der Waals surface area contributed by atoms with Gasteiger partial charge < -0.3 is 5.11 Å². The minimum Gasteiger partial charge on any atom is -0.378 e. The molecule has 3 atom stereocenters. The Kier molecular flexibility index (Phi) is 7.56. The molecular formula is C23H36O. The minimum absolute atomic E-state index is 0.0931. The van der Waals surface area contributed by atoms with E-state index in [0.29, 0.717) is 18.3 Å². The van der Waals surface area contributed by atoms with Crippen LogP contribution in [-0.2, 0) is 0 Å². The average molecular weight is 329 g/mol. The predicted molar refractivity (Wildman–Crippen MR) is 106 cm³/mol. The van der Waals surface area contributed by atoms with Crippen LogP contribution in [-0.4, -0.2) is 10.7 Å². The zero-order valence-electron chi connectivity index (χ0n) is 16.6. The second kappa shape index (κ2) is 8.72. The smallest absolute Gasteiger partial charge is 0.125 e. The van der Waals surface area contributed by atoms with E-state index in [1.54, 1.807) is 0 Å². The molecule has 0 fully saturated rings. The normalized spacial score (nSPS) is 25.5. The fourth-order valence-corrected chi connectivity index (χ4v) is 4.16. The topological polar surface area (TPSA) is 20.2 Å². The first-order valence-electron chi connectivity index (χ1n) is 9.31. The molecule has 0 saturated carbocycles. The van der Waals surface area contributed by atoms with Crippen LogP contribution < -0.4 is 0 Å². The monoisotopic (exact) mass is 328 g/mol. The first-order valence-corrected chi connectivity index (χ1v) is 9.31. The molecule has 0 bridgehead atoms. The van der Waals surface area contributed by atoms with Crippen molar-refractivity contribution in [3.63, 3.8) is 0 Å². The molecule has 0 saturated heterocycles. The summed E-state index contributed by atoms with van der Waals surface area (Å²) in [5.74, 6) is 7.26. The van der Waals surface area contributed by atoms with Gasteiger partial charge in [0.15, 0.2) is 0 Å². The maximum absolute atomic E-state index is 11.0. The molecule has 1 heteroatoms. The molecule has 1 aliphatic carbocycles. The lowest BCUT2D eigenvalue weighted by atomic mass is 9.66. The van der Waals surface area contributed by atoms with Crippen LogP contribution in [0, 0.1) is 29.1 Å². The van der Waals surface area contributed by atoms with Crippen molar-refractivity contribution in [1.29, 1.82) is 0 Å². The Labute approximate surface area is 149 Å². The lowest BCUT2D eigenvalue weighted by Crippen LogP contribution is -2.34. The SMILES string of the molecule is C=CC1=CC[C@H](C(C)C)[C@@]1(C)CCC(O)(C#CC)CCC=C(C)C. The lowest BCUT2D eigenvalue weighted by Gasteiger charge is -2.38. The summed E-state index contributed by atoms with van der Waals surface area (Å²) in [4.78, 5) is 0. The zero-order valence-corrected chi connectivity index (χ0v) is 16.6. The number of rotatable bonds is 8. The molecule has 1 nitrogen and oxygen atoms in total. The molecule has 0 aromatic rings. The first-order chi connectivity index (χ1) is 11.2. The standard InChI is InChI=1S/C23H36O/c1-8-14-23(24,15-10-11-18(3)4)17-16-22(7)20(9-2)12-13-21(22)19(5)6/h9,11-12,19,21,24H,2,10,13,15-17H2,1,3-7H3/t21-,22+,23?/m1/s1. The second-order valence-electron chi connectivity index (χ2n) is 8.09. The van der Waals surface area contributed by atoms with Crippen LogP contribution in [0.15, 0.2) is 36.0 Å². The molecule has 0 aromatic carbocycles. The van der Waals surface area contributed by atoms with Crippen LogP contribution in [0.5, 0.6) is 0 Å². The Morgan fingerprint density at radius 2 is 2.12 bits per heavy atom. The van der Waals surface area contributed by atoms with Crippen LogP contribution in [0.2, 0.25) is 0 Å². The molecule has 1 aliphatic rings. The summed E-state index contributed by atoms with van der Waals surface area (Å²) in [5, 5.41) is 11.0. The first kappa shape index (κ1) is 20.8. The van der Waals surface area contributed by atoms with E-state index in [1.807, 2.05) is 13.0 Å². The molecule has 0 heterocycles. The summed E-state index contributed by atoms with van der Waals surface area (Å²) >= 11 is 0. The maximum Gasteiger partial charge on any atom is 0.125 e. The zero-order chi connectivity index (χ0) is 18.4. The highest BCUT2D eigenvalue weighted by atomic mass is 16.3. The van der Waals surface area contributed by atoms with Crippen molar-refractivity contribution in [3.05, 3.63) is 36.0 Å². The van der Waals surface area contributed by atoms with Gasteiger partial charge in [-0.3, -0.25) is 0 Å². The Balaban J connectivity index is 2.90. The van der Waals surface area contributed by atoms with Gasteiger partial charge in [-0.1, -0.05) is 57.1 Å². The summed E-state index contributed by atoms with van der Waals surface area (Å²) in [7, 11) is 0. The van der Waals surface area contributed by atoms with Gasteiger partial charge in [0.1, 0.15) is 5.60 Å². The van der Waals surface area contributed by atoms with Gasteiger partial charge >= 0.3 is 0 Å². The third-order valence-corrected chi connectivity index (χ3v) is 5.62. The molecular weight excluding hydrogens is 292 g/mol. The molecule has 0 spiro atoms. The molecule has 0 aromatic heterocycles. The number of allylic oxidation sites excluding steroid dienone is 5. The van der Waals surface area contributed by atoms with Gasteiger partial charge in [-0.05, 0) is 75.7 Å². The predicted octanol–water partition coefficient (Wildman–Crippen LogP) is 6.06. The summed E-state index contributed by atoms with van der Waals surface area (Å²) in [5.41, 5.74) is 1.84. The molecule has 0 amide bonds. The highest BCUT2D eigenvalue weighted by Crippen LogP contribution is 2.51. The largest absolute Gasteiger partial charge is 0.378 e. The van der Waals surface area contributed by atoms with Crippen molar-refractivity contribution in [3.8, 4) is 11.8 Å². The van der Waals surface area contributed by atoms with Crippen LogP contribution in [0.25, 0.3) is 0 Å². The third kappa shape index (κ3) is 5.12. The third-order valence-electron chi connectivity index (χ3n) is 5.62. The fraction of sp³-hybridized carbons (Fsp3) is 0.652. The van der Waals surface area contributed by atoms with E-state index in [4.69, 9.17) is 0 Å². The fourth-order valence-electron chi connectivity index (χ4n) is 4.16. The van der Waals surface area contributed by atoms with Gasteiger partial charge in [0.05, 0.1) is 0 Å². The summed E-state index contributed by atoms with van der Waals surface area (Å²) in [6.45, 7) is 17.0. The Bertz CT molecular complexity index is 550. The van der Waals surface area contributed by atoms with Crippen LogP contribution >= 0.6 is 0 Å². The van der Waals surface area contributed by atoms with Crippen molar-refractivity contribution in [1.82, 2.24) is 0 Å². The van der Waals surface area contributed by atoms with E-state index in [9.17, 15) is 5.11 Å². The summed E-state index contributed by atoms with van der Waals surface area (Å²) in [6.07, 6.45) is 10.9. The van der Waals surface area contributed by atoms with Crippen LogP contribution in [0.3, 0.4) is 0 Å². The maximum atomic E-state index is 11.0. The second-order valence-corrected chi connectivity index (χ2v) is 8.09. The van der Waals surface area contributed by atoms with Crippen LogP contribution in [0.1, 0.15) is 73.6 Å². The summed E-state index contributed by atoms with van der Waals surface area (Å²) in [6, 6.07) is 0. The molecule has 24 heavy (non-hydrogen) atoms. The number of hydrogen-bond acceptors (Lipinski definition) is 1. The van der Waals surface area contributed by atoms with Gasteiger partial charge in [-0.2, -0.15) is 0 Å². The average Bonchev–Trinajstić information content (AvgIpc) is 2.82. The Morgan fingerprint density at radius 1 is 1.46 bits per heavy atom. The quantitative estimate of drug-likeness (QED) is 0.424. The minimum atomic E-state index is -0.889. The van der Waals surface area contributed by atoms with Gasteiger partial charge in [0, 0.05) is 0 Å². The molecule has 0 aliphatic heterocycles. The van der Waals surface area contributed by atoms with Gasteiger partial charge in [-0.25, -0.2) is 0 Å². The Hall–Kier alpha value is -1.26. The summed E-state index contributed by atoms with van der Waals surface area (Å²) < 4.78 is 0. The van der Waals surface area contributed by atoms with E-state index in [-0.39, 0.29) is 5.41 Å². The lowest BCUT2D eigenvalue weighted by molar-refractivity contribution is 0.0594. The molecule has 1 N–H and O–H groups in total. The van der Waals surface area contributed by atoms with Gasteiger partial charge in [0.2, 0.25) is 0 Å². The van der Waals surface area contributed by atoms with Crippen molar-refractivity contribution < 1.29 is 5.11 Å². The van der Waals surface area contributed by atoms with Crippen molar-refractivity contribution >= 4 is 0 Å². The molecule has 1 unspecified atom stereocenters. The van der Waals surface area contributed by atoms with Crippen molar-refractivity contribution in [2.45, 2.75) is 79.2 Å². The highest BCUT2D eigenvalue weighted by molar-refractivity contribution is 5.31. The van der Waals surface area contributed by atoms with E-state index in [2.05, 4.69) is 65.2 Å². The van der Waals surface area contributed by atoms with E-state index in [1.165, 1.54) is 11.1 Å². The number of hydrogen-bond donors (Lipinski definition) is 1. The molecule has 134 valence electrons. The van der Waals surface area contributed by atoms with E-state index >= 15 is 0 Å². The molecule has 1 rings (SSSR count). The van der Waals surface area contributed by atoms with E-state index in [0.717, 1.165) is 25.7 Å². The number of aliphatic hydroxyl groups is 1. The van der Waals surface area contributed by atoms with Crippen LogP contribution in [0.4, 0.5) is 0 Å². The van der Waals surface area contributed by atoms with Crippen molar-refractivity contribution in [2.24, 2.45) is 17.3 Å². The van der Waals surface area contributed by atoms with Gasteiger partial charge in [-0.15, -0.1) is 5.92 Å².